The number of phenolic OH excluding ortho intramolecular Hbond substituents is 1. The molecule has 1 rings (SSSR count). The summed E-state index contributed by atoms with van der Waals surface area (Å²) < 4.78 is 0. The summed E-state index contributed by atoms with van der Waals surface area (Å²) in [5.74, 6) is -0.958. The van der Waals surface area contributed by atoms with Crippen molar-refractivity contribution >= 4 is 24.1 Å². The molecule has 0 unspecified atom stereocenters. The molecular formula is C18H28N6O4. The molecule has 10 nitrogen and oxygen atoms in total. The van der Waals surface area contributed by atoms with E-state index >= 15 is 0 Å². The van der Waals surface area contributed by atoms with Crippen LogP contribution in [0.1, 0.15) is 25.3 Å². The molecule has 0 aliphatic rings. The fourth-order valence-electron chi connectivity index (χ4n) is 2.36. The van der Waals surface area contributed by atoms with Crippen LogP contribution in [0.5, 0.6) is 5.75 Å². The van der Waals surface area contributed by atoms with Gasteiger partial charge in [-0.05, 0) is 37.5 Å². The summed E-state index contributed by atoms with van der Waals surface area (Å²) in [7, 11) is 0. The number of hydrogen-bond acceptors (Lipinski definition) is 6. The zero-order valence-corrected chi connectivity index (χ0v) is 15.8. The summed E-state index contributed by atoms with van der Waals surface area (Å²) in [5.41, 5.74) is 16.8. The van der Waals surface area contributed by atoms with Crippen LogP contribution in [0, 0.1) is 0 Å². The summed E-state index contributed by atoms with van der Waals surface area (Å²) in [5, 5.41) is 14.6. The van der Waals surface area contributed by atoms with E-state index in [0.717, 1.165) is 5.56 Å². The molecule has 0 aliphatic carbocycles. The number of guanidine groups is 1. The maximum atomic E-state index is 12.6. The van der Waals surface area contributed by atoms with Crippen molar-refractivity contribution in [2.75, 3.05) is 6.54 Å². The molecule has 3 atom stereocenters. The molecule has 1 aromatic rings. The fraction of sp³-hybridized carbons (Fsp3) is 0.444. The van der Waals surface area contributed by atoms with E-state index in [0.29, 0.717) is 25.7 Å². The summed E-state index contributed by atoms with van der Waals surface area (Å²) in [4.78, 5) is 39.7. The lowest BCUT2D eigenvalue weighted by Crippen LogP contribution is -2.53. The molecule has 0 spiro atoms. The number of nitrogens with one attached hydrogen (secondary N) is 2. The number of aromatic hydroxyl groups is 1. The number of carbonyl (C=O) groups is 3. The van der Waals surface area contributed by atoms with E-state index in [1.807, 2.05) is 0 Å². The molecule has 0 fully saturated rings. The number of amides is 2. The first-order chi connectivity index (χ1) is 13.2. The Hall–Kier alpha value is -3.14. The van der Waals surface area contributed by atoms with Gasteiger partial charge in [-0.1, -0.05) is 12.1 Å². The second-order valence-electron chi connectivity index (χ2n) is 6.42. The van der Waals surface area contributed by atoms with E-state index in [2.05, 4.69) is 15.6 Å². The van der Waals surface area contributed by atoms with Crippen molar-refractivity contribution in [1.29, 1.82) is 0 Å². The van der Waals surface area contributed by atoms with E-state index in [1.54, 1.807) is 12.1 Å². The standard InChI is InChI=1S/C18H28N6O4/c1-11(19)16(27)24-15(9-12-4-6-14(26)7-5-12)17(28)23-13(10-25)3-2-8-22-18(20)21/h4-7,10-11,13,15,26H,2-3,8-9,19H2,1H3,(H,23,28)(H,24,27)(H4,20,21,22)/t11-,13-,15-/m0/s1. The largest absolute Gasteiger partial charge is 0.508 e. The minimum atomic E-state index is -0.928. The summed E-state index contributed by atoms with van der Waals surface area (Å²) in [6.45, 7) is 1.84. The SMILES string of the molecule is C[C@H](N)C(=O)N[C@@H](Cc1ccc(O)cc1)C(=O)N[C@H](C=O)CCCN=C(N)N. The van der Waals surface area contributed by atoms with Crippen molar-refractivity contribution in [3.05, 3.63) is 29.8 Å². The summed E-state index contributed by atoms with van der Waals surface area (Å²) in [6, 6.07) is 3.78. The van der Waals surface area contributed by atoms with Crippen molar-refractivity contribution < 1.29 is 19.5 Å². The average molecular weight is 392 g/mol. The van der Waals surface area contributed by atoms with Gasteiger partial charge in [-0.3, -0.25) is 14.6 Å². The van der Waals surface area contributed by atoms with Crippen molar-refractivity contribution in [1.82, 2.24) is 10.6 Å². The highest BCUT2D eigenvalue weighted by Gasteiger charge is 2.24. The van der Waals surface area contributed by atoms with Crippen molar-refractivity contribution in [2.45, 2.75) is 44.3 Å². The average Bonchev–Trinajstić information content (AvgIpc) is 2.64. The molecule has 10 heteroatoms. The van der Waals surface area contributed by atoms with Crippen molar-refractivity contribution in [2.24, 2.45) is 22.2 Å². The zero-order chi connectivity index (χ0) is 21.1. The third kappa shape index (κ3) is 8.49. The van der Waals surface area contributed by atoms with Crippen LogP contribution < -0.4 is 27.8 Å². The molecule has 0 aromatic heterocycles. The molecule has 1 aromatic carbocycles. The Kier molecular flexibility index (Phi) is 9.44. The Morgan fingerprint density at radius 2 is 1.82 bits per heavy atom. The van der Waals surface area contributed by atoms with Gasteiger partial charge in [-0.25, -0.2) is 0 Å². The molecule has 0 bridgehead atoms. The van der Waals surface area contributed by atoms with E-state index in [4.69, 9.17) is 17.2 Å². The molecule has 0 saturated heterocycles. The van der Waals surface area contributed by atoms with Crippen LogP contribution in [0.4, 0.5) is 0 Å². The second-order valence-corrected chi connectivity index (χ2v) is 6.42. The van der Waals surface area contributed by atoms with Gasteiger partial charge in [0.2, 0.25) is 11.8 Å². The number of nitrogens with zero attached hydrogens (tertiary/aromatic N) is 1. The molecule has 0 radical (unpaired) electrons. The highest BCUT2D eigenvalue weighted by atomic mass is 16.3. The number of aliphatic imine (C=N–C) groups is 1. The lowest BCUT2D eigenvalue weighted by Gasteiger charge is -2.22. The van der Waals surface area contributed by atoms with E-state index in [1.165, 1.54) is 19.1 Å². The highest BCUT2D eigenvalue weighted by Crippen LogP contribution is 2.12. The zero-order valence-electron chi connectivity index (χ0n) is 15.8. The maximum absolute atomic E-state index is 12.6. The van der Waals surface area contributed by atoms with Gasteiger partial charge in [0.1, 0.15) is 18.1 Å². The molecule has 154 valence electrons. The number of aldehydes is 1. The van der Waals surface area contributed by atoms with Crippen LogP contribution in [0.15, 0.2) is 29.3 Å². The van der Waals surface area contributed by atoms with Gasteiger partial charge in [0.15, 0.2) is 5.96 Å². The minimum absolute atomic E-state index is 0.0423. The molecule has 0 saturated carbocycles. The monoisotopic (exact) mass is 392 g/mol. The van der Waals surface area contributed by atoms with Gasteiger partial charge in [-0.15, -0.1) is 0 Å². The number of benzene rings is 1. The Morgan fingerprint density at radius 3 is 2.36 bits per heavy atom. The van der Waals surface area contributed by atoms with Gasteiger partial charge < -0.3 is 37.7 Å². The van der Waals surface area contributed by atoms with Gasteiger partial charge in [0.05, 0.1) is 12.1 Å². The van der Waals surface area contributed by atoms with Gasteiger partial charge in [0.25, 0.3) is 0 Å². The first-order valence-corrected chi connectivity index (χ1v) is 8.87. The minimum Gasteiger partial charge on any atom is -0.508 e. The molecule has 0 heterocycles. The van der Waals surface area contributed by atoms with Crippen LogP contribution in [0.25, 0.3) is 0 Å². The lowest BCUT2D eigenvalue weighted by molar-refractivity contribution is -0.130. The number of nitrogens with two attached hydrogens (primary N) is 3. The predicted octanol–water partition coefficient (Wildman–Crippen LogP) is -1.50. The van der Waals surface area contributed by atoms with Crippen LogP contribution in [-0.4, -0.2) is 53.8 Å². The molecule has 9 N–H and O–H groups in total. The summed E-state index contributed by atoms with van der Waals surface area (Å²) >= 11 is 0. The number of phenols is 1. The first kappa shape index (κ1) is 22.9. The van der Waals surface area contributed by atoms with Gasteiger partial charge >= 0.3 is 0 Å². The number of carbonyl (C=O) groups excluding carboxylic acids is 3. The Balaban J connectivity index is 2.78. The molecule has 2 amide bonds. The van der Waals surface area contributed by atoms with Crippen LogP contribution in [0.3, 0.4) is 0 Å². The normalized spacial score (nSPS) is 13.6. The van der Waals surface area contributed by atoms with Gasteiger partial charge in [-0.2, -0.15) is 0 Å². The van der Waals surface area contributed by atoms with Crippen molar-refractivity contribution in [3.8, 4) is 5.75 Å². The number of hydrogen-bond donors (Lipinski definition) is 6. The second kappa shape index (κ2) is 11.5. The maximum Gasteiger partial charge on any atom is 0.243 e. The molecular weight excluding hydrogens is 364 g/mol. The van der Waals surface area contributed by atoms with E-state index < -0.39 is 29.9 Å². The summed E-state index contributed by atoms with van der Waals surface area (Å²) in [6.07, 6.45) is 1.64. The van der Waals surface area contributed by atoms with Crippen molar-refractivity contribution in [3.63, 3.8) is 0 Å². The highest BCUT2D eigenvalue weighted by molar-refractivity contribution is 5.90. The Labute approximate surface area is 163 Å². The van der Waals surface area contributed by atoms with Crippen LogP contribution in [0.2, 0.25) is 0 Å². The molecule has 0 aliphatic heterocycles. The third-order valence-corrected chi connectivity index (χ3v) is 3.88. The smallest absolute Gasteiger partial charge is 0.243 e. The topological polar surface area (TPSA) is 186 Å². The predicted molar refractivity (Wildman–Crippen MR) is 105 cm³/mol. The first-order valence-electron chi connectivity index (χ1n) is 8.87. The van der Waals surface area contributed by atoms with E-state index in [9.17, 15) is 19.5 Å². The van der Waals surface area contributed by atoms with E-state index in [-0.39, 0.29) is 18.1 Å². The Morgan fingerprint density at radius 1 is 1.18 bits per heavy atom. The number of rotatable bonds is 11. The quantitative estimate of drug-likeness (QED) is 0.114. The fourth-order valence-corrected chi connectivity index (χ4v) is 2.36. The van der Waals surface area contributed by atoms with Gasteiger partial charge in [0, 0.05) is 13.0 Å². The molecule has 28 heavy (non-hydrogen) atoms. The Bertz CT molecular complexity index is 686. The van der Waals surface area contributed by atoms with Crippen LogP contribution in [-0.2, 0) is 20.8 Å². The lowest BCUT2D eigenvalue weighted by atomic mass is 10.0. The van der Waals surface area contributed by atoms with Crippen LogP contribution >= 0.6 is 0 Å². The third-order valence-electron chi connectivity index (χ3n) is 3.88.